The summed E-state index contributed by atoms with van der Waals surface area (Å²) in [6.45, 7) is 4.97. The van der Waals surface area contributed by atoms with E-state index in [1.807, 2.05) is 0 Å². The van der Waals surface area contributed by atoms with Crippen molar-refractivity contribution >= 4 is 0 Å². The van der Waals surface area contributed by atoms with Gasteiger partial charge in [-0.05, 0) is 0 Å². The maximum Gasteiger partial charge on any atom is 0.0634 e. The second-order valence-electron chi connectivity index (χ2n) is 2.99. The lowest BCUT2D eigenvalue weighted by Gasteiger charge is -2.34. The lowest BCUT2D eigenvalue weighted by atomic mass is 10.2. The first-order valence-corrected chi connectivity index (χ1v) is 4.39. The van der Waals surface area contributed by atoms with Crippen LogP contribution in [0.15, 0.2) is 0 Å². The van der Waals surface area contributed by atoms with E-state index in [2.05, 4.69) is 4.90 Å². The molecule has 0 radical (unpaired) electrons. The number of rotatable bonds is 4. The number of ether oxygens (including phenoxy) is 2. The molecule has 1 aliphatic rings. The van der Waals surface area contributed by atoms with Crippen LogP contribution in [0.3, 0.4) is 0 Å². The van der Waals surface area contributed by atoms with Gasteiger partial charge in [0, 0.05) is 32.8 Å². The second-order valence-corrected chi connectivity index (χ2v) is 2.99. The fourth-order valence-electron chi connectivity index (χ4n) is 1.41. The van der Waals surface area contributed by atoms with Crippen molar-refractivity contribution in [3.63, 3.8) is 0 Å². The summed E-state index contributed by atoms with van der Waals surface area (Å²) < 4.78 is 10.3. The first-order chi connectivity index (χ1) is 5.88. The molecule has 0 aromatic carbocycles. The Bertz CT molecular complexity index is 122. The summed E-state index contributed by atoms with van der Waals surface area (Å²) in [5.41, 5.74) is 5.60. The number of nitrogens with zero attached hydrogens (tertiary/aromatic N) is 1. The molecule has 4 nitrogen and oxygen atoms in total. The Morgan fingerprint density at radius 1 is 1.67 bits per heavy atom. The van der Waals surface area contributed by atoms with E-state index in [1.165, 1.54) is 0 Å². The predicted octanol–water partition coefficient (Wildman–Crippen LogP) is -0.708. The van der Waals surface area contributed by atoms with Gasteiger partial charge in [-0.3, -0.25) is 4.90 Å². The van der Waals surface area contributed by atoms with Crippen LogP contribution in [-0.4, -0.2) is 57.5 Å². The molecule has 0 aromatic heterocycles. The molecule has 0 aromatic rings. The van der Waals surface area contributed by atoms with E-state index < -0.39 is 0 Å². The Morgan fingerprint density at radius 2 is 2.50 bits per heavy atom. The predicted molar refractivity (Wildman–Crippen MR) is 47.1 cm³/mol. The lowest BCUT2D eigenvalue weighted by Crippen LogP contribution is -2.50. The highest BCUT2D eigenvalue weighted by molar-refractivity contribution is 4.75. The van der Waals surface area contributed by atoms with E-state index in [0.717, 1.165) is 32.9 Å². The molecule has 0 amide bonds. The zero-order valence-corrected chi connectivity index (χ0v) is 7.66. The molecule has 72 valence electrons. The van der Waals surface area contributed by atoms with Crippen molar-refractivity contribution < 1.29 is 9.47 Å². The minimum absolute atomic E-state index is 0.383. The van der Waals surface area contributed by atoms with Crippen LogP contribution in [0.25, 0.3) is 0 Å². The fraction of sp³-hybridized carbons (Fsp3) is 1.00. The molecule has 12 heavy (non-hydrogen) atoms. The first kappa shape index (κ1) is 9.92. The third kappa shape index (κ3) is 2.71. The molecule has 1 aliphatic heterocycles. The topological polar surface area (TPSA) is 47.7 Å². The highest BCUT2D eigenvalue weighted by atomic mass is 16.5. The number of hydrogen-bond acceptors (Lipinski definition) is 4. The number of hydrogen-bond donors (Lipinski definition) is 1. The van der Waals surface area contributed by atoms with Crippen LogP contribution in [0, 0.1) is 0 Å². The normalized spacial score (nSPS) is 26.0. The van der Waals surface area contributed by atoms with Gasteiger partial charge in [-0.15, -0.1) is 0 Å². The molecule has 0 bridgehead atoms. The molecule has 1 atom stereocenters. The summed E-state index contributed by atoms with van der Waals surface area (Å²) in [6, 6.07) is 0.383. The smallest absolute Gasteiger partial charge is 0.0634 e. The number of morpholine rings is 1. The van der Waals surface area contributed by atoms with E-state index in [4.69, 9.17) is 15.2 Å². The van der Waals surface area contributed by atoms with Crippen molar-refractivity contribution in [2.24, 2.45) is 5.73 Å². The molecule has 1 fully saturated rings. The molecule has 0 saturated carbocycles. The van der Waals surface area contributed by atoms with Gasteiger partial charge in [0.05, 0.1) is 19.8 Å². The molecule has 4 heteroatoms. The molecular weight excluding hydrogens is 156 g/mol. The highest BCUT2D eigenvalue weighted by Gasteiger charge is 2.20. The van der Waals surface area contributed by atoms with Gasteiger partial charge in [0.25, 0.3) is 0 Å². The Morgan fingerprint density at radius 3 is 3.17 bits per heavy atom. The second kappa shape index (κ2) is 5.48. The Hall–Kier alpha value is -0.160. The summed E-state index contributed by atoms with van der Waals surface area (Å²) in [7, 11) is 1.72. The molecule has 1 saturated heterocycles. The van der Waals surface area contributed by atoms with E-state index >= 15 is 0 Å². The first-order valence-electron chi connectivity index (χ1n) is 4.39. The lowest BCUT2D eigenvalue weighted by molar-refractivity contribution is -0.0131. The largest absolute Gasteiger partial charge is 0.383 e. The average Bonchev–Trinajstić information content (AvgIpc) is 2.15. The van der Waals surface area contributed by atoms with Crippen molar-refractivity contribution in [1.82, 2.24) is 4.90 Å². The Balaban J connectivity index is 2.26. The van der Waals surface area contributed by atoms with Gasteiger partial charge < -0.3 is 15.2 Å². The van der Waals surface area contributed by atoms with Gasteiger partial charge in [0.1, 0.15) is 0 Å². The SMILES string of the molecule is COCCN1CCOCC1CN. The highest BCUT2D eigenvalue weighted by Crippen LogP contribution is 2.04. The van der Waals surface area contributed by atoms with Gasteiger partial charge in [0.2, 0.25) is 0 Å². The summed E-state index contributed by atoms with van der Waals surface area (Å²) in [5.74, 6) is 0. The summed E-state index contributed by atoms with van der Waals surface area (Å²) in [5, 5.41) is 0. The number of methoxy groups -OCH3 is 1. The minimum atomic E-state index is 0.383. The van der Waals surface area contributed by atoms with Crippen molar-refractivity contribution in [2.75, 3.05) is 46.6 Å². The van der Waals surface area contributed by atoms with Gasteiger partial charge in [-0.2, -0.15) is 0 Å². The third-order valence-electron chi connectivity index (χ3n) is 2.20. The molecule has 1 unspecified atom stereocenters. The van der Waals surface area contributed by atoms with E-state index in [0.29, 0.717) is 12.6 Å². The van der Waals surface area contributed by atoms with Crippen LogP contribution in [0.5, 0.6) is 0 Å². The number of nitrogens with two attached hydrogens (primary N) is 1. The maximum absolute atomic E-state index is 5.60. The Labute approximate surface area is 73.6 Å². The molecule has 0 aliphatic carbocycles. The molecule has 1 heterocycles. The molecule has 2 N–H and O–H groups in total. The molecular formula is C8H18N2O2. The summed E-state index contributed by atoms with van der Waals surface area (Å²) >= 11 is 0. The zero-order chi connectivity index (χ0) is 8.81. The fourth-order valence-corrected chi connectivity index (χ4v) is 1.41. The minimum Gasteiger partial charge on any atom is -0.383 e. The van der Waals surface area contributed by atoms with Crippen LogP contribution in [0.1, 0.15) is 0 Å². The van der Waals surface area contributed by atoms with Crippen LogP contribution in [-0.2, 0) is 9.47 Å². The quantitative estimate of drug-likeness (QED) is 0.612. The van der Waals surface area contributed by atoms with Crippen molar-refractivity contribution in [2.45, 2.75) is 6.04 Å². The standard InChI is InChI=1S/C8H18N2O2/c1-11-4-2-10-3-5-12-7-8(10)6-9/h8H,2-7,9H2,1H3. The maximum atomic E-state index is 5.60. The van der Waals surface area contributed by atoms with Gasteiger partial charge >= 0.3 is 0 Å². The van der Waals surface area contributed by atoms with Crippen LogP contribution in [0.2, 0.25) is 0 Å². The van der Waals surface area contributed by atoms with E-state index in [-0.39, 0.29) is 0 Å². The average molecular weight is 174 g/mol. The summed E-state index contributed by atoms with van der Waals surface area (Å²) in [6.07, 6.45) is 0. The third-order valence-corrected chi connectivity index (χ3v) is 2.20. The van der Waals surface area contributed by atoms with Crippen molar-refractivity contribution in [3.8, 4) is 0 Å². The zero-order valence-electron chi connectivity index (χ0n) is 7.66. The van der Waals surface area contributed by atoms with Crippen molar-refractivity contribution in [3.05, 3.63) is 0 Å². The van der Waals surface area contributed by atoms with E-state index in [9.17, 15) is 0 Å². The van der Waals surface area contributed by atoms with Crippen LogP contribution < -0.4 is 5.73 Å². The van der Waals surface area contributed by atoms with E-state index in [1.54, 1.807) is 7.11 Å². The monoisotopic (exact) mass is 174 g/mol. The molecule has 0 spiro atoms. The summed E-state index contributed by atoms with van der Waals surface area (Å²) in [4.78, 5) is 2.33. The van der Waals surface area contributed by atoms with Crippen LogP contribution >= 0.6 is 0 Å². The van der Waals surface area contributed by atoms with Gasteiger partial charge in [0.15, 0.2) is 0 Å². The Kier molecular flexibility index (Phi) is 4.53. The van der Waals surface area contributed by atoms with Gasteiger partial charge in [-0.25, -0.2) is 0 Å². The van der Waals surface area contributed by atoms with Crippen molar-refractivity contribution in [1.29, 1.82) is 0 Å². The van der Waals surface area contributed by atoms with Crippen LogP contribution in [0.4, 0.5) is 0 Å². The van der Waals surface area contributed by atoms with Gasteiger partial charge in [-0.1, -0.05) is 0 Å². The molecule has 1 rings (SSSR count).